The maximum Gasteiger partial charge on any atom is 0.134 e. The molecule has 3 aromatic heterocycles. The van der Waals surface area contributed by atoms with E-state index < -0.39 is 0 Å². The summed E-state index contributed by atoms with van der Waals surface area (Å²) in [5, 5.41) is 1.78. The molecule has 0 N–H and O–H groups in total. The van der Waals surface area contributed by atoms with Gasteiger partial charge in [-0.3, -0.25) is 0 Å². The van der Waals surface area contributed by atoms with Crippen LogP contribution in [0, 0.1) is 17.9 Å². The summed E-state index contributed by atoms with van der Waals surface area (Å²) < 4.78 is 21.5. The number of hydrogen-bond donors (Lipinski definition) is 0. The Morgan fingerprint density at radius 2 is 1.37 bits per heavy atom. The summed E-state index contributed by atoms with van der Waals surface area (Å²) in [6.07, 6.45) is 3.70. The van der Waals surface area contributed by atoms with E-state index in [-0.39, 0.29) is 31.3 Å². The molecule has 0 aliphatic rings. The Balaban J connectivity index is 0.000000208. The van der Waals surface area contributed by atoms with E-state index in [2.05, 4.69) is 55.0 Å². The second-order valence-corrected chi connectivity index (χ2v) is 12.6. The number of rotatable bonds is 4. The molecule has 0 fully saturated rings. The zero-order valence-corrected chi connectivity index (χ0v) is 29.8. The van der Waals surface area contributed by atoms with Crippen LogP contribution < -0.4 is 0 Å². The molecule has 0 spiro atoms. The number of pyridine rings is 2. The second kappa shape index (κ2) is 14.5. The van der Waals surface area contributed by atoms with Crippen molar-refractivity contribution >= 4 is 21.9 Å². The van der Waals surface area contributed by atoms with Gasteiger partial charge in [0.1, 0.15) is 11.4 Å². The quantitative estimate of drug-likeness (QED) is 0.166. The first-order valence-corrected chi connectivity index (χ1v) is 15.9. The van der Waals surface area contributed by atoms with Gasteiger partial charge in [0.2, 0.25) is 0 Å². The van der Waals surface area contributed by atoms with Gasteiger partial charge in [-0.15, -0.1) is 54.1 Å². The van der Waals surface area contributed by atoms with Crippen LogP contribution in [-0.2, 0) is 25.5 Å². The third kappa shape index (κ3) is 7.15. The third-order valence-electron chi connectivity index (χ3n) is 8.34. The maximum absolute atomic E-state index is 15.2. The molecule has 243 valence electrons. The summed E-state index contributed by atoms with van der Waals surface area (Å²) in [6, 6.07) is 49.3. The molecule has 0 saturated heterocycles. The molecule has 0 aliphatic heterocycles. The first-order valence-electron chi connectivity index (χ1n) is 15.9. The molecule has 0 atom stereocenters. The van der Waals surface area contributed by atoms with Gasteiger partial charge in [-0.25, -0.2) is 4.39 Å². The smallest absolute Gasteiger partial charge is 0.134 e. The van der Waals surface area contributed by atoms with Gasteiger partial charge in [-0.1, -0.05) is 105 Å². The van der Waals surface area contributed by atoms with E-state index >= 15 is 4.39 Å². The van der Waals surface area contributed by atoms with E-state index in [9.17, 15) is 0 Å². The number of furan rings is 1. The van der Waals surface area contributed by atoms with E-state index in [0.717, 1.165) is 50.0 Å². The average Bonchev–Trinajstić information content (AvgIpc) is 3.51. The van der Waals surface area contributed by atoms with Crippen LogP contribution in [0.2, 0.25) is 0 Å². The number of aromatic nitrogens is 2. The van der Waals surface area contributed by atoms with Gasteiger partial charge in [-0.2, -0.15) is 0 Å². The zero-order valence-electron chi connectivity index (χ0n) is 27.4. The van der Waals surface area contributed by atoms with Crippen LogP contribution in [-0.4, -0.2) is 9.97 Å². The number of hydrogen-bond acceptors (Lipinski definition) is 3. The molecule has 0 saturated carbocycles. The van der Waals surface area contributed by atoms with Crippen LogP contribution in [0.3, 0.4) is 0 Å². The van der Waals surface area contributed by atoms with Crippen molar-refractivity contribution in [1.29, 1.82) is 0 Å². The van der Waals surface area contributed by atoms with Gasteiger partial charge in [-0.05, 0) is 63.3 Å². The Kier molecular flexibility index (Phi) is 9.96. The van der Waals surface area contributed by atoms with E-state index in [1.54, 1.807) is 12.3 Å². The van der Waals surface area contributed by atoms with Crippen LogP contribution in [0.4, 0.5) is 4.39 Å². The summed E-state index contributed by atoms with van der Waals surface area (Å²) in [7, 11) is 0. The van der Waals surface area contributed by atoms with E-state index in [4.69, 9.17) is 4.42 Å². The van der Waals surface area contributed by atoms with Crippen molar-refractivity contribution in [2.45, 2.75) is 26.2 Å². The van der Waals surface area contributed by atoms with Gasteiger partial charge < -0.3 is 14.4 Å². The summed E-state index contributed by atoms with van der Waals surface area (Å²) >= 11 is 0. The molecular formula is C44H33FIrN2O-2. The fourth-order valence-corrected chi connectivity index (χ4v) is 5.79. The largest absolute Gasteiger partial charge is 0.500 e. The van der Waals surface area contributed by atoms with E-state index in [1.165, 1.54) is 11.6 Å². The molecule has 1 radical (unpaired) electrons. The van der Waals surface area contributed by atoms with Crippen LogP contribution in [0.15, 0.2) is 150 Å². The summed E-state index contributed by atoms with van der Waals surface area (Å²) in [6.45, 7) is 6.58. The SMILES string of the molecule is CC(C)(C)c1ccc(-c2[c-]cccc2)nc1.Fc1ccc2c(oc3c(-c4ccccn4)[c-]ccc32)c1-c1cccc(-c2ccccc2)c1.[Ir]. The first kappa shape index (κ1) is 33.7. The normalized spacial score (nSPS) is 11.1. The molecule has 5 heteroatoms. The minimum Gasteiger partial charge on any atom is -0.500 e. The van der Waals surface area contributed by atoms with Crippen LogP contribution in [0.25, 0.3) is 66.7 Å². The summed E-state index contributed by atoms with van der Waals surface area (Å²) in [5.41, 5.74) is 9.51. The Bertz CT molecular complexity index is 2310. The van der Waals surface area contributed by atoms with Crippen molar-refractivity contribution in [1.82, 2.24) is 9.97 Å². The van der Waals surface area contributed by atoms with Crippen molar-refractivity contribution in [2.75, 3.05) is 0 Å². The fourth-order valence-electron chi connectivity index (χ4n) is 5.79. The fraction of sp³-hybridized carbons (Fsp3) is 0.0909. The van der Waals surface area contributed by atoms with Gasteiger partial charge in [0.05, 0.1) is 11.1 Å². The molecule has 0 aliphatic carbocycles. The summed E-state index contributed by atoms with van der Waals surface area (Å²) in [5.74, 6) is -0.315. The minimum absolute atomic E-state index is 0. The number of fused-ring (bicyclic) bond motifs is 3. The molecule has 0 unspecified atom stereocenters. The molecular weight excluding hydrogens is 784 g/mol. The van der Waals surface area contributed by atoms with Gasteiger partial charge in [0.15, 0.2) is 0 Å². The van der Waals surface area contributed by atoms with Crippen LogP contribution in [0.5, 0.6) is 0 Å². The second-order valence-electron chi connectivity index (χ2n) is 12.6. The molecule has 49 heavy (non-hydrogen) atoms. The Morgan fingerprint density at radius 3 is 2.08 bits per heavy atom. The minimum atomic E-state index is -0.315. The van der Waals surface area contributed by atoms with E-state index in [0.29, 0.717) is 16.7 Å². The number of halogens is 1. The maximum atomic E-state index is 15.2. The predicted molar refractivity (Wildman–Crippen MR) is 194 cm³/mol. The molecule has 0 bridgehead atoms. The monoisotopic (exact) mass is 817 g/mol. The average molecular weight is 817 g/mol. The van der Waals surface area contributed by atoms with Gasteiger partial charge in [0, 0.05) is 37.9 Å². The van der Waals surface area contributed by atoms with Crippen molar-refractivity contribution in [3.8, 4) is 44.8 Å². The molecule has 3 heterocycles. The molecule has 3 nitrogen and oxygen atoms in total. The molecule has 5 aromatic carbocycles. The van der Waals surface area contributed by atoms with Crippen molar-refractivity contribution in [3.63, 3.8) is 0 Å². The van der Waals surface area contributed by atoms with E-state index in [1.807, 2.05) is 115 Å². The van der Waals surface area contributed by atoms with Crippen molar-refractivity contribution in [3.05, 3.63) is 169 Å². The Labute approximate surface area is 299 Å². The molecule has 0 amide bonds. The van der Waals surface area contributed by atoms with Gasteiger partial charge >= 0.3 is 0 Å². The Morgan fingerprint density at radius 1 is 0.612 bits per heavy atom. The van der Waals surface area contributed by atoms with Crippen LogP contribution >= 0.6 is 0 Å². The standard InChI is InChI=1S/C29H17FNO.C15H16N.Ir/c30-25-16-15-23-22-12-7-13-24(26-14-4-5-17-31-26)28(22)32-29(23)27(25)21-11-6-10-20(18-21)19-8-2-1-3-9-19;1-15(2,3)13-9-10-14(16-11-13)12-7-5-4-6-8-12;/h1-12,14-18H;4-7,9-11H,1-3H3;/q2*-1;. The number of nitrogens with zero attached hydrogens (tertiary/aromatic N) is 2. The zero-order chi connectivity index (χ0) is 33.1. The third-order valence-corrected chi connectivity index (χ3v) is 8.34. The predicted octanol–water partition coefficient (Wildman–Crippen LogP) is 11.8. The van der Waals surface area contributed by atoms with Crippen LogP contribution in [0.1, 0.15) is 26.3 Å². The first-order chi connectivity index (χ1) is 23.4. The summed E-state index contributed by atoms with van der Waals surface area (Å²) in [4.78, 5) is 8.93. The van der Waals surface area contributed by atoms with Crippen molar-refractivity contribution < 1.29 is 28.9 Å². The topological polar surface area (TPSA) is 38.9 Å². The van der Waals surface area contributed by atoms with Gasteiger partial charge in [0.25, 0.3) is 0 Å². The molecule has 8 aromatic rings. The number of benzene rings is 5. The van der Waals surface area contributed by atoms with Crippen molar-refractivity contribution in [2.24, 2.45) is 0 Å². The Hall–Kier alpha value is -5.22. The molecule has 8 rings (SSSR count).